The normalized spacial score (nSPS) is 64.4. The van der Waals surface area contributed by atoms with E-state index in [2.05, 4.69) is 13.8 Å². The molecule has 15 heavy (non-hydrogen) atoms. The molecule has 1 saturated heterocycles. The Morgan fingerprint density at radius 3 is 2.80 bits per heavy atom. The van der Waals surface area contributed by atoms with E-state index in [9.17, 15) is 0 Å². The topological polar surface area (TPSA) is 12.5 Å². The molecule has 0 radical (unpaired) electrons. The lowest BCUT2D eigenvalue weighted by Crippen LogP contribution is -2.33. The first-order valence-corrected chi connectivity index (χ1v) is 6.96. The number of hydrogen-bond donors (Lipinski definition) is 0. The Morgan fingerprint density at radius 2 is 2.00 bits per heavy atom. The molecule has 1 heterocycles. The molecule has 84 valence electrons. The van der Waals surface area contributed by atoms with Crippen molar-refractivity contribution in [2.45, 2.75) is 51.7 Å². The largest absolute Gasteiger partial charge is 0.369 e. The number of fused-ring (bicyclic) bond motifs is 7. The molecule has 1 heteroatoms. The molecule has 0 amide bonds. The standard InChI is InChI=1S/C14H22O/c1-3-4-8-7(2)9-5-10(8)13-11(9)6-12-14(13)15-12/h7-14H,3-6H2,1-2H3. The summed E-state index contributed by atoms with van der Waals surface area (Å²) in [5, 5.41) is 0. The maximum atomic E-state index is 5.78. The van der Waals surface area contributed by atoms with Crippen LogP contribution < -0.4 is 0 Å². The van der Waals surface area contributed by atoms with Gasteiger partial charge in [0.2, 0.25) is 0 Å². The van der Waals surface area contributed by atoms with Crippen LogP contribution in [0.15, 0.2) is 0 Å². The van der Waals surface area contributed by atoms with Crippen LogP contribution in [0, 0.1) is 35.5 Å². The SMILES string of the molecule is CCCC1C(C)C2CC1C1C2CC2OC21. The number of epoxide rings is 1. The highest BCUT2D eigenvalue weighted by molar-refractivity contribution is 5.15. The van der Waals surface area contributed by atoms with Crippen molar-refractivity contribution in [3.05, 3.63) is 0 Å². The van der Waals surface area contributed by atoms with E-state index in [4.69, 9.17) is 4.74 Å². The lowest BCUT2D eigenvalue weighted by Gasteiger charge is -2.37. The summed E-state index contributed by atoms with van der Waals surface area (Å²) in [6.45, 7) is 4.88. The third kappa shape index (κ3) is 0.988. The third-order valence-electron chi connectivity index (χ3n) is 6.11. The van der Waals surface area contributed by atoms with E-state index in [1.54, 1.807) is 6.42 Å². The van der Waals surface area contributed by atoms with Gasteiger partial charge in [0.15, 0.2) is 0 Å². The molecule has 3 aliphatic carbocycles. The fraction of sp³-hybridized carbons (Fsp3) is 1.00. The van der Waals surface area contributed by atoms with Crippen LogP contribution in [0.2, 0.25) is 0 Å². The molecule has 4 fully saturated rings. The Labute approximate surface area is 92.6 Å². The minimum absolute atomic E-state index is 0.706. The smallest absolute Gasteiger partial charge is 0.0875 e. The van der Waals surface area contributed by atoms with E-state index in [-0.39, 0.29) is 0 Å². The van der Waals surface area contributed by atoms with Gasteiger partial charge in [-0.3, -0.25) is 0 Å². The second-order valence-electron chi connectivity index (χ2n) is 6.49. The summed E-state index contributed by atoms with van der Waals surface area (Å²) in [6.07, 6.45) is 7.25. The van der Waals surface area contributed by atoms with Crippen molar-refractivity contribution in [1.82, 2.24) is 0 Å². The van der Waals surface area contributed by atoms with Gasteiger partial charge in [-0.15, -0.1) is 0 Å². The van der Waals surface area contributed by atoms with Crippen molar-refractivity contribution in [2.24, 2.45) is 35.5 Å². The van der Waals surface area contributed by atoms with E-state index in [1.807, 2.05) is 0 Å². The summed E-state index contributed by atoms with van der Waals surface area (Å²) < 4.78 is 5.78. The van der Waals surface area contributed by atoms with Gasteiger partial charge in [0.25, 0.3) is 0 Å². The molecule has 4 aliphatic rings. The minimum Gasteiger partial charge on any atom is -0.369 e. The molecular formula is C14H22O. The molecule has 0 aromatic rings. The maximum absolute atomic E-state index is 5.78. The summed E-state index contributed by atoms with van der Waals surface area (Å²) in [4.78, 5) is 0. The lowest BCUT2D eigenvalue weighted by molar-refractivity contribution is 0.0696. The zero-order valence-electron chi connectivity index (χ0n) is 9.86. The van der Waals surface area contributed by atoms with Gasteiger partial charge in [-0.1, -0.05) is 26.7 Å². The monoisotopic (exact) mass is 206 g/mol. The first kappa shape index (κ1) is 9.04. The van der Waals surface area contributed by atoms with Crippen molar-refractivity contribution in [2.75, 3.05) is 0 Å². The quantitative estimate of drug-likeness (QED) is 0.632. The Balaban J connectivity index is 1.62. The van der Waals surface area contributed by atoms with Gasteiger partial charge in [0, 0.05) is 0 Å². The van der Waals surface area contributed by atoms with Gasteiger partial charge in [-0.25, -0.2) is 0 Å². The maximum Gasteiger partial charge on any atom is 0.0875 e. The van der Waals surface area contributed by atoms with Crippen LogP contribution in [0.25, 0.3) is 0 Å². The number of rotatable bonds is 2. The fourth-order valence-corrected chi connectivity index (χ4v) is 5.60. The Hall–Kier alpha value is -0.0400. The molecule has 8 atom stereocenters. The van der Waals surface area contributed by atoms with Gasteiger partial charge in [0.1, 0.15) is 0 Å². The first-order chi connectivity index (χ1) is 7.31. The molecule has 0 aromatic carbocycles. The van der Waals surface area contributed by atoms with E-state index < -0.39 is 0 Å². The van der Waals surface area contributed by atoms with Crippen molar-refractivity contribution >= 4 is 0 Å². The van der Waals surface area contributed by atoms with Gasteiger partial charge in [0.05, 0.1) is 12.2 Å². The fourth-order valence-electron chi connectivity index (χ4n) is 5.60. The van der Waals surface area contributed by atoms with Crippen LogP contribution in [0.5, 0.6) is 0 Å². The molecule has 3 saturated carbocycles. The van der Waals surface area contributed by atoms with Crippen molar-refractivity contribution in [3.8, 4) is 0 Å². The van der Waals surface area contributed by atoms with Crippen molar-refractivity contribution < 1.29 is 4.74 Å². The van der Waals surface area contributed by atoms with Gasteiger partial charge in [-0.2, -0.15) is 0 Å². The highest BCUT2D eigenvalue weighted by atomic mass is 16.6. The molecule has 1 aliphatic heterocycles. The van der Waals surface area contributed by atoms with E-state index in [0.717, 1.165) is 41.6 Å². The molecule has 0 aromatic heterocycles. The zero-order valence-corrected chi connectivity index (χ0v) is 9.86. The molecule has 4 rings (SSSR count). The van der Waals surface area contributed by atoms with Crippen LogP contribution in [0.1, 0.15) is 39.5 Å². The number of ether oxygens (including phenoxy) is 1. The predicted octanol–water partition coefficient (Wildman–Crippen LogP) is 3.09. The van der Waals surface area contributed by atoms with Gasteiger partial charge in [-0.05, 0) is 48.3 Å². The molecule has 2 bridgehead atoms. The summed E-state index contributed by atoms with van der Waals surface area (Å²) in [6, 6.07) is 0. The summed E-state index contributed by atoms with van der Waals surface area (Å²) in [7, 11) is 0. The van der Waals surface area contributed by atoms with Crippen LogP contribution >= 0.6 is 0 Å². The summed E-state index contributed by atoms with van der Waals surface area (Å²) in [5.74, 6) is 6.26. The molecule has 1 nitrogen and oxygen atoms in total. The second-order valence-corrected chi connectivity index (χ2v) is 6.49. The van der Waals surface area contributed by atoms with Crippen LogP contribution in [-0.4, -0.2) is 12.2 Å². The number of hydrogen-bond acceptors (Lipinski definition) is 1. The van der Waals surface area contributed by atoms with Crippen LogP contribution in [0.4, 0.5) is 0 Å². The molecule has 0 N–H and O–H groups in total. The molecule has 8 unspecified atom stereocenters. The van der Waals surface area contributed by atoms with Crippen LogP contribution in [0.3, 0.4) is 0 Å². The summed E-state index contributed by atoms with van der Waals surface area (Å²) in [5.41, 5.74) is 0. The van der Waals surface area contributed by atoms with Crippen LogP contribution in [-0.2, 0) is 4.74 Å². The Morgan fingerprint density at radius 1 is 1.13 bits per heavy atom. The highest BCUT2D eigenvalue weighted by Crippen LogP contribution is 2.68. The third-order valence-corrected chi connectivity index (χ3v) is 6.11. The lowest BCUT2D eigenvalue weighted by atomic mass is 9.68. The van der Waals surface area contributed by atoms with E-state index in [1.165, 1.54) is 19.3 Å². The van der Waals surface area contributed by atoms with E-state index in [0.29, 0.717) is 6.10 Å². The minimum atomic E-state index is 0.706. The second kappa shape index (κ2) is 2.80. The predicted molar refractivity (Wildman–Crippen MR) is 59.4 cm³/mol. The summed E-state index contributed by atoms with van der Waals surface area (Å²) >= 11 is 0. The molecule has 0 spiro atoms. The van der Waals surface area contributed by atoms with E-state index >= 15 is 0 Å². The highest BCUT2D eigenvalue weighted by Gasteiger charge is 2.67. The zero-order chi connectivity index (χ0) is 10.2. The molecular weight excluding hydrogens is 184 g/mol. The first-order valence-electron chi connectivity index (χ1n) is 6.96. The van der Waals surface area contributed by atoms with Crippen molar-refractivity contribution in [1.29, 1.82) is 0 Å². The average Bonchev–Trinajstić information content (AvgIpc) is 2.62. The Bertz CT molecular complexity index is 287. The van der Waals surface area contributed by atoms with Gasteiger partial charge < -0.3 is 4.74 Å². The average molecular weight is 206 g/mol. The van der Waals surface area contributed by atoms with Gasteiger partial charge >= 0.3 is 0 Å². The van der Waals surface area contributed by atoms with Crippen molar-refractivity contribution in [3.63, 3.8) is 0 Å². The Kier molecular flexibility index (Phi) is 1.68.